The number of benzene rings is 1. The van der Waals surface area contributed by atoms with Gasteiger partial charge in [-0.15, -0.1) is 0 Å². The second-order valence-corrected chi connectivity index (χ2v) is 6.18. The van der Waals surface area contributed by atoms with Crippen LogP contribution in [0.5, 0.6) is 0 Å². The lowest BCUT2D eigenvalue weighted by molar-refractivity contribution is 0.0427. The van der Waals surface area contributed by atoms with E-state index < -0.39 is 6.10 Å². The van der Waals surface area contributed by atoms with E-state index in [0.717, 1.165) is 22.6 Å². The first kappa shape index (κ1) is 18.4. The first-order chi connectivity index (χ1) is 11.4. The van der Waals surface area contributed by atoms with Crippen molar-refractivity contribution in [1.29, 1.82) is 0 Å². The summed E-state index contributed by atoms with van der Waals surface area (Å²) >= 11 is 0. The highest BCUT2D eigenvalue weighted by molar-refractivity contribution is 5.99. The molecule has 5 nitrogen and oxygen atoms in total. The lowest BCUT2D eigenvalue weighted by atomic mass is 10.1. The Labute approximate surface area is 143 Å². The second-order valence-electron chi connectivity index (χ2n) is 6.18. The molecular weight excluding hydrogens is 304 g/mol. The van der Waals surface area contributed by atoms with Gasteiger partial charge in [0.2, 0.25) is 0 Å². The molecule has 2 rings (SSSR count). The molecule has 0 aliphatic carbocycles. The zero-order valence-electron chi connectivity index (χ0n) is 14.8. The summed E-state index contributed by atoms with van der Waals surface area (Å²) in [5.74, 6) is 0.0531. The fraction of sp³-hybridized carbons (Fsp3) is 0.421. The van der Waals surface area contributed by atoms with Crippen molar-refractivity contribution in [3.05, 3.63) is 53.3 Å². The number of aryl methyl sites for hydroxylation is 1. The highest BCUT2D eigenvalue weighted by Crippen LogP contribution is 2.21. The average molecular weight is 330 g/mol. The van der Waals surface area contributed by atoms with E-state index in [1.165, 1.54) is 0 Å². The topological polar surface area (TPSA) is 54.7 Å². The van der Waals surface area contributed by atoms with Crippen LogP contribution in [0.1, 0.15) is 21.7 Å². The second kappa shape index (κ2) is 8.24. The molecule has 130 valence electrons. The number of aliphatic hydroxyl groups excluding tert-OH is 1. The number of ketones is 1. The van der Waals surface area contributed by atoms with Gasteiger partial charge in [-0.1, -0.05) is 18.2 Å². The number of hydrogen-bond acceptors (Lipinski definition) is 4. The van der Waals surface area contributed by atoms with Crippen molar-refractivity contribution >= 4 is 5.78 Å². The Bertz CT molecular complexity index is 679. The summed E-state index contributed by atoms with van der Waals surface area (Å²) < 4.78 is 7.01. The standard InChI is InChI=1S/C19H26N2O3/c1-14-10-18(15(2)21(14)16-8-6-5-7-9-16)19(23)12-20(3)11-17(22)13-24-4/h5-10,17,22H,11-13H2,1-4H3. The number of likely N-dealkylation sites (N-methyl/N-ethyl adjacent to an activating group) is 1. The summed E-state index contributed by atoms with van der Waals surface area (Å²) in [4.78, 5) is 14.5. The van der Waals surface area contributed by atoms with Gasteiger partial charge < -0.3 is 14.4 Å². The zero-order chi connectivity index (χ0) is 17.7. The molecule has 0 saturated carbocycles. The van der Waals surface area contributed by atoms with E-state index in [9.17, 15) is 9.90 Å². The van der Waals surface area contributed by atoms with Crippen LogP contribution in [0.15, 0.2) is 36.4 Å². The van der Waals surface area contributed by atoms with Crippen LogP contribution >= 0.6 is 0 Å². The molecule has 0 saturated heterocycles. The van der Waals surface area contributed by atoms with E-state index in [1.54, 1.807) is 7.11 Å². The lowest BCUT2D eigenvalue weighted by Crippen LogP contribution is -2.35. The molecule has 1 aromatic carbocycles. The molecule has 0 fully saturated rings. The molecule has 0 spiro atoms. The Kier molecular flexibility index (Phi) is 6.31. The van der Waals surface area contributed by atoms with Gasteiger partial charge in [-0.25, -0.2) is 0 Å². The first-order valence-electron chi connectivity index (χ1n) is 8.07. The Balaban J connectivity index is 2.14. The third-order valence-electron chi connectivity index (χ3n) is 4.04. The van der Waals surface area contributed by atoms with Crippen LogP contribution in [0, 0.1) is 13.8 Å². The van der Waals surface area contributed by atoms with E-state index in [2.05, 4.69) is 4.57 Å². The van der Waals surface area contributed by atoms with Gasteiger partial charge >= 0.3 is 0 Å². The van der Waals surface area contributed by atoms with Gasteiger partial charge in [0.25, 0.3) is 0 Å². The number of carbonyl (C=O) groups excluding carboxylic acids is 1. The minimum absolute atomic E-state index is 0.0531. The van der Waals surface area contributed by atoms with Crippen molar-refractivity contribution in [3.63, 3.8) is 0 Å². The normalized spacial score (nSPS) is 12.6. The molecule has 1 heterocycles. The van der Waals surface area contributed by atoms with Crippen molar-refractivity contribution in [2.24, 2.45) is 0 Å². The number of aliphatic hydroxyl groups is 1. The van der Waals surface area contributed by atoms with Crippen LogP contribution in [0.4, 0.5) is 0 Å². The third-order valence-corrected chi connectivity index (χ3v) is 4.04. The van der Waals surface area contributed by atoms with Crippen molar-refractivity contribution in [3.8, 4) is 5.69 Å². The molecule has 1 aromatic heterocycles. The van der Waals surface area contributed by atoms with E-state index in [-0.39, 0.29) is 18.9 Å². The van der Waals surface area contributed by atoms with Gasteiger partial charge in [-0.2, -0.15) is 0 Å². The van der Waals surface area contributed by atoms with Crippen LogP contribution in [0.2, 0.25) is 0 Å². The van der Waals surface area contributed by atoms with Crippen LogP contribution in [0.25, 0.3) is 5.69 Å². The molecule has 0 amide bonds. The number of Topliss-reactive ketones (excluding diaryl/α,β-unsaturated/α-hetero) is 1. The summed E-state index contributed by atoms with van der Waals surface area (Å²) in [6, 6.07) is 11.9. The summed E-state index contributed by atoms with van der Waals surface area (Å²) in [5.41, 5.74) is 3.75. The minimum atomic E-state index is -0.593. The van der Waals surface area contributed by atoms with Gasteiger partial charge in [0.05, 0.1) is 19.3 Å². The monoisotopic (exact) mass is 330 g/mol. The molecule has 0 radical (unpaired) electrons. The quantitative estimate of drug-likeness (QED) is 0.754. The SMILES string of the molecule is COCC(O)CN(C)CC(=O)c1cc(C)n(-c2ccccc2)c1C. The zero-order valence-corrected chi connectivity index (χ0v) is 14.8. The van der Waals surface area contributed by atoms with Crippen molar-refractivity contribution in [2.75, 3.05) is 33.9 Å². The van der Waals surface area contributed by atoms with E-state index in [1.807, 2.05) is 62.2 Å². The summed E-state index contributed by atoms with van der Waals surface area (Å²) in [6.45, 7) is 4.90. The maximum absolute atomic E-state index is 12.6. The number of ether oxygens (including phenoxy) is 1. The highest BCUT2D eigenvalue weighted by atomic mass is 16.5. The van der Waals surface area contributed by atoms with Gasteiger partial charge in [0.1, 0.15) is 0 Å². The Morgan fingerprint density at radius 2 is 1.96 bits per heavy atom. The Morgan fingerprint density at radius 1 is 1.29 bits per heavy atom. The smallest absolute Gasteiger partial charge is 0.178 e. The molecule has 24 heavy (non-hydrogen) atoms. The van der Waals surface area contributed by atoms with Gasteiger partial charge in [0, 0.05) is 36.3 Å². The number of methoxy groups -OCH3 is 1. The lowest BCUT2D eigenvalue weighted by Gasteiger charge is -2.19. The van der Waals surface area contributed by atoms with Crippen molar-refractivity contribution in [1.82, 2.24) is 9.47 Å². The van der Waals surface area contributed by atoms with Crippen molar-refractivity contribution < 1.29 is 14.6 Å². The molecule has 0 bridgehead atoms. The first-order valence-corrected chi connectivity index (χ1v) is 8.07. The number of para-hydroxylation sites is 1. The molecular formula is C19H26N2O3. The van der Waals surface area contributed by atoms with E-state index in [0.29, 0.717) is 6.54 Å². The van der Waals surface area contributed by atoms with Crippen LogP contribution in [-0.2, 0) is 4.74 Å². The van der Waals surface area contributed by atoms with Crippen LogP contribution in [0.3, 0.4) is 0 Å². The van der Waals surface area contributed by atoms with E-state index in [4.69, 9.17) is 4.74 Å². The van der Waals surface area contributed by atoms with Crippen LogP contribution in [-0.4, -0.2) is 60.3 Å². The maximum atomic E-state index is 12.6. The number of carbonyl (C=O) groups is 1. The molecule has 1 atom stereocenters. The maximum Gasteiger partial charge on any atom is 0.178 e. The predicted molar refractivity (Wildman–Crippen MR) is 95.0 cm³/mol. The van der Waals surface area contributed by atoms with Gasteiger partial charge in [0.15, 0.2) is 5.78 Å². The number of rotatable bonds is 8. The number of hydrogen-bond donors (Lipinski definition) is 1. The summed E-state index contributed by atoms with van der Waals surface area (Å²) in [7, 11) is 3.37. The minimum Gasteiger partial charge on any atom is -0.389 e. The van der Waals surface area contributed by atoms with Gasteiger partial charge in [-0.05, 0) is 39.1 Å². The average Bonchev–Trinajstić information content (AvgIpc) is 2.83. The Morgan fingerprint density at radius 3 is 2.58 bits per heavy atom. The molecule has 5 heteroatoms. The van der Waals surface area contributed by atoms with Gasteiger partial charge in [-0.3, -0.25) is 9.69 Å². The summed E-state index contributed by atoms with van der Waals surface area (Å²) in [5, 5.41) is 9.77. The van der Waals surface area contributed by atoms with Crippen molar-refractivity contribution in [2.45, 2.75) is 20.0 Å². The number of nitrogens with zero attached hydrogens (tertiary/aromatic N) is 2. The molecule has 1 unspecified atom stereocenters. The predicted octanol–water partition coefficient (Wildman–Crippen LogP) is 2.22. The molecule has 0 aliphatic heterocycles. The largest absolute Gasteiger partial charge is 0.389 e. The number of aromatic nitrogens is 1. The molecule has 2 aromatic rings. The highest BCUT2D eigenvalue weighted by Gasteiger charge is 2.19. The third kappa shape index (κ3) is 4.32. The van der Waals surface area contributed by atoms with Crippen LogP contribution < -0.4 is 0 Å². The summed E-state index contributed by atoms with van der Waals surface area (Å²) in [6.07, 6.45) is -0.593. The molecule has 1 N–H and O–H groups in total. The van der Waals surface area contributed by atoms with E-state index >= 15 is 0 Å². The fourth-order valence-electron chi connectivity index (χ4n) is 3.02. The fourth-order valence-corrected chi connectivity index (χ4v) is 3.02. The molecule has 0 aliphatic rings. The Hall–Kier alpha value is -1.95.